The van der Waals surface area contributed by atoms with Crippen LogP contribution in [0.4, 0.5) is 0 Å². The standard InChI is InChI=1S/C27H23N3O2S/c31-24(18-22-16-9-15-19-10-7-8-17-23(19)22)28-27(33)30-29-26(32)25(20-11-3-1-4-12-20)21-13-5-2-6-14-21/h1-17,25H,18H2,(H,29,32)(H2,28,30,31,33). The first-order valence-electron chi connectivity index (χ1n) is 10.6. The van der Waals surface area contributed by atoms with E-state index in [1.54, 1.807) is 0 Å². The highest BCUT2D eigenvalue weighted by molar-refractivity contribution is 7.80. The summed E-state index contributed by atoms with van der Waals surface area (Å²) in [6.07, 6.45) is 0.174. The number of thiocarbonyl (C=S) groups is 1. The zero-order valence-corrected chi connectivity index (χ0v) is 18.6. The number of hydrogen-bond acceptors (Lipinski definition) is 3. The predicted molar refractivity (Wildman–Crippen MR) is 134 cm³/mol. The van der Waals surface area contributed by atoms with Gasteiger partial charge in [0.15, 0.2) is 5.11 Å². The van der Waals surface area contributed by atoms with Crippen LogP contribution in [0.1, 0.15) is 22.6 Å². The molecule has 0 aliphatic carbocycles. The number of carbonyl (C=O) groups is 2. The maximum Gasteiger partial charge on any atom is 0.250 e. The molecular formula is C27H23N3O2S. The molecule has 0 radical (unpaired) electrons. The van der Waals surface area contributed by atoms with Crippen molar-refractivity contribution in [3.05, 3.63) is 120 Å². The van der Waals surface area contributed by atoms with Crippen molar-refractivity contribution in [2.75, 3.05) is 0 Å². The van der Waals surface area contributed by atoms with E-state index in [2.05, 4.69) is 16.2 Å². The summed E-state index contributed by atoms with van der Waals surface area (Å²) < 4.78 is 0. The Labute approximate surface area is 197 Å². The van der Waals surface area contributed by atoms with Crippen LogP contribution >= 0.6 is 12.2 Å². The van der Waals surface area contributed by atoms with Gasteiger partial charge in [0.2, 0.25) is 11.8 Å². The number of rotatable bonds is 5. The first-order chi connectivity index (χ1) is 16.1. The third-order valence-corrected chi connectivity index (χ3v) is 5.52. The number of hydrazine groups is 1. The molecule has 3 N–H and O–H groups in total. The lowest BCUT2D eigenvalue weighted by atomic mass is 9.91. The van der Waals surface area contributed by atoms with Crippen molar-refractivity contribution in [3.63, 3.8) is 0 Å². The fraction of sp³-hybridized carbons (Fsp3) is 0.0741. The predicted octanol–water partition coefficient (Wildman–Crippen LogP) is 4.24. The summed E-state index contributed by atoms with van der Waals surface area (Å²) in [6.45, 7) is 0. The second kappa shape index (κ2) is 10.5. The van der Waals surface area contributed by atoms with E-state index in [1.165, 1.54) is 0 Å². The zero-order valence-electron chi connectivity index (χ0n) is 17.8. The van der Waals surface area contributed by atoms with E-state index in [4.69, 9.17) is 12.2 Å². The number of fused-ring (bicyclic) bond motifs is 1. The molecule has 4 aromatic rings. The van der Waals surface area contributed by atoms with Crippen LogP contribution < -0.4 is 16.2 Å². The smallest absolute Gasteiger partial charge is 0.250 e. The highest BCUT2D eigenvalue weighted by Crippen LogP contribution is 2.24. The first kappa shape index (κ1) is 22.2. The van der Waals surface area contributed by atoms with Gasteiger partial charge in [0.05, 0.1) is 12.3 Å². The van der Waals surface area contributed by atoms with E-state index >= 15 is 0 Å². The van der Waals surface area contributed by atoms with E-state index in [0.29, 0.717) is 0 Å². The minimum Gasteiger partial charge on any atom is -0.302 e. The van der Waals surface area contributed by atoms with Crippen molar-refractivity contribution in [2.24, 2.45) is 0 Å². The number of amides is 2. The number of hydrogen-bond donors (Lipinski definition) is 3. The molecule has 0 aromatic heterocycles. The molecule has 0 bridgehead atoms. The van der Waals surface area contributed by atoms with Crippen molar-refractivity contribution >= 4 is 39.9 Å². The number of benzene rings is 4. The maximum absolute atomic E-state index is 13.0. The van der Waals surface area contributed by atoms with Gasteiger partial charge in [-0.05, 0) is 39.7 Å². The van der Waals surface area contributed by atoms with Crippen molar-refractivity contribution in [2.45, 2.75) is 12.3 Å². The molecule has 5 nitrogen and oxygen atoms in total. The second-order valence-corrected chi connectivity index (χ2v) is 7.97. The Hall–Kier alpha value is -4.03. The summed E-state index contributed by atoms with van der Waals surface area (Å²) in [7, 11) is 0. The van der Waals surface area contributed by atoms with Gasteiger partial charge in [-0.1, -0.05) is 103 Å². The summed E-state index contributed by atoms with van der Waals surface area (Å²) in [5.74, 6) is -1.06. The SMILES string of the molecule is O=C(Cc1cccc2ccccc12)NC(=S)NNC(=O)C(c1ccccc1)c1ccccc1. The van der Waals surface area contributed by atoms with Gasteiger partial charge in [0.25, 0.3) is 0 Å². The van der Waals surface area contributed by atoms with Gasteiger partial charge in [0.1, 0.15) is 0 Å². The monoisotopic (exact) mass is 453 g/mol. The van der Waals surface area contributed by atoms with Gasteiger partial charge in [-0.15, -0.1) is 0 Å². The van der Waals surface area contributed by atoms with E-state index in [9.17, 15) is 9.59 Å². The van der Waals surface area contributed by atoms with Crippen LogP contribution in [0, 0.1) is 0 Å². The Morgan fingerprint density at radius 2 is 1.27 bits per heavy atom. The lowest BCUT2D eigenvalue weighted by Crippen LogP contribution is -2.50. The fourth-order valence-corrected chi connectivity index (χ4v) is 3.96. The van der Waals surface area contributed by atoms with Crippen LogP contribution in [0.25, 0.3) is 10.8 Å². The minimum atomic E-state index is -0.519. The van der Waals surface area contributed by atoms with Crippen LogP contribution in [-0.4, -0.2) is 16.9 Å². The second-order valence-electron chi connectivity index (χ2n) is 7.56. The van der Waals surface area contributed by atoms with Gasteiger partial charge < -0.3 is 5.32 Å². The average Bonchev–Trinajstić information content (AvgIpc) is 2.84. The van der Waals surface area contributed by atoms with Gasteiger partial charge in [-0.25, -0.2) is 0 Å². The molecule has 33 heavy (non-hydrogen) atoms. The molecule has 6 heteroatoms. The molecule has 0 atom stereocenters. The fourth-order valence-electron chi connectivity index (χ4n) is 3.80. The Kier molecular flexibility index (Phi) is 7.07. The minimum absolute atomic E-state index is 0.0356. The van der Waals surface area contributed by atoms with Crippen LogP contribution in [-0.2, 0) is 16.0 Å². The third-order valence-electron chi connectivity index (χ3n) is 5.31. The van der Waals surface area contributed by atoms with Crippen molar-refractivity contribution in [1.82, 2.24) is 16.2 Å². The van der Waals surface area contributed by atoms with E-state index in [-0.39, 0.29) is 23.3 Å². The Morgan fingerprint density at radius 3 is 1.94 bits per heavy atom. The quantitative estimate of drug-likeness (QED) is 0.312. The molecule has 0 spiro atoms. The number of nitrogens with one attached hydrogen (secondary N) is 3. The molecule has 0 aliphatic heterocycles. The van der Waals surface area contributed by atoms with Crippen LogP contribution in [0.3, 0.4) is 0 Å². The van der Waals surface area contributed by atoms with Gasteiger partial charge in [-0.3, -0.25) is 20.4 Å². The molecule has 2 amide bonds. The van der Waals surface area contributed by atoms with Gasteiger partial charge in [0, 0.05) is 0 Å². The lowest BCUT2D eigenvalue weighted by Gasteiger charge is -2.19. The van der Waals surface area contributed by atoms with Gasteiger partial charge >= 0.3 is 0 Å². The van der Waals surface area contributed by atoms with E-state index in [0.717, 1.165) is 27.5 Å². The summed E-state index contributed by atoms with van der Waals surface area (Å²) >= 11 is 5.22. The normalized spacial score (nSPS) is 10.6. The zero-order chi connectivity index (χ0) is 23.0. The summed E-state index contributed by atoms with van der Waals surface area (Å²) in [5, 5.41) is 4.77. The Balaban J connectivity index is 1.38. The molecule has 4 aromatic carbocycles. The molecule has 0 aliphatic rings. The molecule has 0 heterocycles. The van der Waals surface area contributed by atoms with Crippen LogP contribution in [0.2, 0.25) is 0 Å². The molecule has 0 saturated carbocycles. The Bertz CT molecular complexity index is 1230. The summed E-state index contributed by atoms with van der Waals surface area (Å²) in [4.78, 5) is 25.6. The Morgan fingerprint density at radius 1 is 0.697 bits per heavy atom. The first-order valence-corrected chi connectivity index (χ1v) is 11.0. The van der Waals surface area contributed by atoms with Crippen LogP contribution in [0.5, 0.6) is 0 Å². The summed E-state index contributed by atoms with van der Waals surface area (Å²) in [6, 6.07) is 32.8. The van der Waals surface area contributed by atoms with Crippen molar-refractivity contribution < 1.29 is 9.59 Å². The molecule has 0 saturated heterocycles. The molecule has 0 unspecified atom stereocenters. The topological polar surface area (TPSA) is 70.2 Å². The number of carbonyl (C=O) groups excluding carboxylic acids is 2. The van der Waals surface area contributed by atoms with E-state index < -0.39 is 5.92 Å². The largest absolute Gasteiger partial charge is 0.302 e. The molecule has 0 fully saturated rings. The van der Waals surface area contributed by atoms with Crippen molar-refractivity contribution in [3.8, 4) is 0 Å². The van der Waals surface area contributed by atoms with Crippen LogP contribution in [0.15, 0.2) is 103 Å². The highest BCUT2D eigenvalue weighted by Gasteiger charge is 2.22. The summed E-state index contributed by atoms with van der Waals surface area (Å²) in [5.41, 5.74) is 7.91. The third kappa shape index (κ3) is 5.61. The lowest BCUT2D eigenvalue weighted by molar-refractivity contribution is -0.122. The molecule has 4 rings (SSSR count). The van der Waals surface area contributed by atoms with Gasteiger partial charge in [-0.2, -0.15) is 0 Å². The highest BCUT2D eigenvalue weighted by atomic mass is 32.1. The average molecular weight is 454 g/mol. The molecule has 164 valence electrons. The maximum atomic E-state index is 13.0. The molecular weight excluding hydrogens is 430 g/mol. The van der Waals surface area contributed by atoms with E-state index in [1.807, 2.05) is 103 Å². The van der Waals surface area contributed by atoms with Crippen molar-refractivity contribution in [1.29, 1.82) is 0 Å².